The van der Waals surface area contributed by atoms with E-state index in [0.29, 0.717) is 11.8 Å². The predicted octanol–water partition coefficient (Wildman–Crippen LogP) is 2.30. The molecule has 0 aromatic heterocycles. The van der Waals surface area contributed by atoms with Crippen molar-refractivity contribution in [3.63, 3.8) is 0 Å². The van der Waals surface area contributed by atoms with Gasteiger partial charge in [-0.25, -0.2) is 0 Å². The summed E-state index contributed by atoms with van der Waals surface area (Å²) in [6, 6.07) is 0. The summed E-state index contributed by atoms with van der Waals surface area (Å²) in [6.45, 7) is 1.35. The normalized spacial score (nSPS) is 27.7. The maximum Gasteiger partial charge on any atom is 0.227 e. The van der Waals surface area contributed by atoms with E-state index < -0.39 is 0 Å². The topological polar surface area (TPSA) is 55.1 Å². The molecule has 1 unspecified atom stereocenters. The molecular weight excluding hydrogens is 244 g/mol. The SMILES string of the molecule is NCC1(C(=O)NCC2CCCCS2)CCCCC1. The van der Waals surface area contributed by atoms with E-state index in [-0.39, 0.29) is 11.3 Å². The van der Waals surface area contributed by atoms with E-state index in [2.05, 4.69) is 5.32 Å². The molecule has 1 aliphatic heterocycles. The van der Waals surface area contributed by atoms with Crippen molar-refractivity contribution >= 4 is 17.7 Å². The van der Waals surface area contributed by atoms with E-state index in [0.717, 1.165) is 32.2 Å². The van der Waals surface area contributed by atoms with Crippen LogP contribution in [0.3, 0.4) is 0 Å². The summed E-state index contributed by atoms with van der Waals surface area (Å²) in [5.74, 6) is 1.47. The molecule has 0 aromatic carbocycles. The summed E-state index contributed by atoms with van der Waals surface area (Å²) in [5.41, 5.74) is 5.63. The average Bonchev–Trinajstić information content (AvgIpc) is 2.46. The first-order chi connectivity index (χ1) is 8.77. The number of amides is 1. The Labute approximate surface area is 115 Å². The number of hydrogen-bond donors (Lipinski definition) is 2. The number of thioether (sulfide) groups is 1. The fourth-order valence-electron chi connectivity index (χ4n) is 3.11. The van der Waals surface area contributed by atoms with Crippen LogP contribution in [0.1, 0.15) is 51.4 Å². The molecule has 3 nitrogen and oxygen atoms in total. The summed E-state index contributed by atoms with van der Waals surface area (Å²) in [5, 5.41) is 3.80. The largest absolute Gasteiger partial charge is 0.354 e. The van der Waals surface area contributed by atoms with E-state index in [9.17, 15) is 4.79 Å². The van der Waals surface area contributed by atoms with Crippen LogP contribution < -0.4 is 11.1 Å². The number of hydrogen-bond acceptors (Lipinski definition) is 3. The van der Waals surface area contributed by atoms with Gasteiger partial charge in [-0.1, -0.05) is 25.7 Å². The van der Waals surface area contributed by atoms with E-state index in [1.807, 2.05) is 11.8 Å². The molecule has 1 amide bonds. The van der Waals surface area contributed by atoms with Gasteiger partial charge >= 0.3 is 0 Å². The highest BCUT2D eigenvalue weighted by Crippen LogP contribution is 2.35. The number of carbonyl (C=O) groups excluding carboxylic acids is 1. The Morgan fingerprint density at radius 3 is 2.61 bits per heavy atom. The molecule has 1 heterocycles. The van der Waals surface area contributed by atoms with Crippen molar-refractivity contribution in [2.24, 2.45) is 11.1 Å². The molecule has 2 aliphatic rings. The van der Waals surface area contributed by atoms with Gasteiger partial charge in [0, 0.05) is 18.3 Å². The van der Waals surface area contributed by atoms with Gasteiger partial charge in [0.05, 0.1) is 5.41 Å². The van der Waals surface area contributed by atoms with Gasteiger partial charge in [-0.2, -0.15) is 11.8 Å². The molecule has 4 heteroatoms. The molecule has 2 rings (SSSR count). The lowest BCUT2D eigenvalue weighted by Gasteiger charge is -2.35. The van der Waals surface area contributed by atoms with Crippen LogP contribution in [0.15, 0.2) is 0 Å². The molecule has 0 bridgehead atoms. The van der Waals surface area contributed by atoms with Crippen molar-refractivity contribution in [3.8, 4) is 0 Å². The molecule has 0 aromatic rings. The van der Waals surface area contributed by atoms with Crippen molar-refractivity contribution < 1.29 is 4.79 Å². The lowest BCUT2D eigenvalue weighted by atomic mass is 9.73. The van der Waals surface area contributed by atoms with Crippen LogP contribution in [0.4, 0.5) is 0 Å². The smallest absolute Gasteiger partial charge is 0.227 e. The molecule has 104 valence electrons. The Bertz CT molecular complexity index is 271. The zero-order valence-corrected chi connectivity index (χ0v) is 12.1. The van der Waals surface area contributed by atoms with Crippen molar-refractivity contribution in [3.05, 3.63) is 0 Å². The first-order valence-electron chi connectivity index (χ1n) is 7.37. The quantitative estimate of drug-likeness (QED) is 0.824. The van der Waals surface area contributed by atoms with Crippen molar-refractivity contribution in [1.82, 2.24) is 5.32 Å². The van der Waals surface area contributed by atoms with Crippen molar-refractivity contribution in [2.75, 3.05) is 18.8 Å². The third kappa shape index (κ3) is 3.41. The standard InChI is InChI=1S/C14H26N2OS/c15-11-14(7-3-1-4-8-14)13(17)16-10-12-6-2-5-9-18-12/h12H,1-11,15H2,(H,16,17). The van der Waals surface area contributed by atoms with Gasteiger partial charge in [0.25, 0.3) is 0 Å². The number of rotatable bonds is 4. The molecule has 1 saturated carbocycles. The second kappa shape index (κ2) is 6.80. The molecule has 1 saturated heterocycles. The summed E-state index contributed by atoms with van der Waals surface area (Å²) in [7, 11) is 0. The lowest BCUT2D eigenvalue weighted by molar-refractivity contribution is -0.132. The highest BCUT2D eigenvalue weighted by atomic mass is 32.2. The average molecular weight is 270 g/mol. The summed E-state index contributed by atoms with van der Waals surface area (Å²) in [6.07, 6.45) is 9.43. The molecule has 3 N–H and O–H groups in total. The maximum atomic E-state index is 12.4. The summed E-state index contributed by atoms with van der Waals surface area (Å²) >= 11 is 2.01. The van der Waals surface area contributed by atoms with E-state index >= 15 is 0 Å². The summed E-state index contributed by atoms with van der Waals surface area (Å²) in [4.78, 5) is 12.4. The Morgan fingerprint density at radius 1 is 1.22 bits per heavy atom. The Kier molecular flexibility index (Phi) is 5.37. The highest BCUT2D eigenvalue weighted by Gasteiger charge is 2.38. The highest BCUT2D eigenvalue weighted by molar-refractivity contribution is 7.99. The Morgan fingerprint density at radius 2 is 2.00 bits per heavy atom. The molecule has 2 fully saturated rings. The van der Waals surface area contributed by atoms with Crippen LogP contribution in [0, 0.1) is 5.41 Å². The van der Waals surface area contributed by atoms with Gasteiger partial charge in [0.2, 0.25) is 5.91 Å². The van der Waals surface area contributed by atoms with Crippen LogP contribution in [-0.4, -0.2) is 30.0 Å². The molecular formula is C14H26N2OS. The van der Waals surface area contributed by atoms with Crippen LogP contribution in [0.5, 0.6) is 0 Å². The molecule has 0 spiro atoms. The number of nitrogens with two attached hydrogens (primary N) is 1. The molecule has 1 atom stereocenters. The molecule has 1 aliphatic carbocycles. The summed E-state index contributed by atoms with van der Waals surface area (Å²) < 4.78 is 0. The predicted molar refractivity (Wildman–Crippen MR) is 77.7 cm³/mol. The third-order valence-electron chi connectivity index (χ3n) is 4.45. The van der Waals surface area contributed by atoms with Gasteiger partial charge < -0.3 is 11.1 Å². The zero-order chi connectivity index (χ0) is 12.8. The first-order valence-corrected chi connectivity index (χ1v) is 8.42. The van der Waals surface area contributed by atoms with Gasteiger partial charge in [-0.15, -0.1) is 0 Å². The zero-order valence-electron chi connectivity index (χ0n) is 11.2. The first kappa shape index (κ1) is 14.2. The second-order valence-electron chi connectivity index (χ2n) is 5.74. The van der Waals surface area contributed by atoms with Crippen molar-refractivity contribution in [1.29, 1.82) is 0 Å². The lowest BCUT2D eigenvalue weighted by Crippen LogP contribution is -2.48. The van der Waals surface area contributed by atoms with Crippen LogP contribution in [0.2, 0.25) is 0 Å². The Balaban J connectivity index is 1.81. The number of nitrogens with one attached hydrogen (secondary N) is 1. The van der Waals surface area contributed by atoms with E-state index in [1.165, 1.54) is 31.4 Å². The minimum Gasteiger partial charge on any atom is -0.354 e. The van der Waals surface area contributed by atoms with E-state index in [1.54, 1.807) is 0 Å². The van der Waals surface area contributed by atoms with Crippen LogP contribution in [0.25, 0.3) is 0 Å². The maximum absolute atomic E-state index is 12.4. The van der Waals surface area contributed by atoms with Gasteiger partial charge in [0.1, 0.15) is 0 Å². The number of carbonyl (C=O) groups is 1. The molecule has 18 heavy (non-hydrogen) atoms. The van der Waals surface area contributed by atoms with Crippen molar-refractivity contribution in [2.45, 2.75) is 56.6 Å². The van der Waals surface area contributed by atoms with Crippen LogP contribution in [-0.2, 0) is 4.79 Å². The van der Waals surface area contributed by atoms with Gasteiger partial charge in [-0.05, 0) is 31.4 Å². The minimum atomic E-state index is -0.252. The van der Waals surface area contributed by atoms with Gasteiger partial charge in [-0.3, -0.25) is 4.79 Å². The second-order valence-corrected chi connectivity index (χ2v) is 7.15. The monoisotopic (exact) mass is 270 g/mol. The molecule has 0 radical (unpaired) electrons. The third-order valence-corrected chi connectivity index (χ3v) is 5.85. The van der Waals surface area contributed by atoms with Gasteiger partial charge in [0.15, 0.2) is 0 Å². The minimum absolute atomic E-state index is 0.218. The fraction of sp³-hybridized carbons (Fsp3) is 0.929. The fourth-order valence-corrected chi connectivity index (χ4v) is 4.35. The Hall–Kier alpha value is -0.220. The van der Waals surface area contributed by atoms with E-state index in [4.69, 9.17) is 5.73 Å². The van der Waals surface area contributed by atoms with Crippen LogP contribution >= 0.6 is 11.8 Å².